The van der Waals surface area contributed by atoms with Gasteiger partial charge in [-0.05, 0) is 99.2 Å². The molecule has 1 aliphatic carbocycles. The molecule has 0 aromatic heterocycles. The van der Waals surface area contributed by atoms with Gasteiger partial charge in [-0.1, -0.05) is 92.4 Å². The number of allylic oxidation sites excluding steroid dienone is 3. The third-order valence-electron chi connectivity index (χ3n) is 9.38. The quantitative estimate of drug-likeness (QED) is 0.179. The molecule has 0 radical (unpaired) electrons. The summed E-state index contributed by atoms with van der Waals surface area (Å²) in [5, 5.41) is 12.0. The fraction of sp³-hybridized carbons (Fsp3) is 0.875. The van der Waals surface area contributed by atoms with Gasteiger partial charge >= 0.3 is 0 Å². The van der Waals surface area contributed by atoms with Gasteiger partial charge in [0.15, 0.2) is 0 Å². The molecule has 0 aromatic carbocycles. The molecule has 5 atom stereocenters. The van der Waals surface area contributed by atoms with Crippen LogP contribution in [0.1, 0.15) is 139 Å². The first-order valence-electron chi connectivity index (χ1n) is 14.6. The molecule has 0 saturated heterocycles. The van der Waals surface area contributed by atoms with E-state index >= 15 is 0 Å². The largest absolute Gasteiger partial charge is 0.389 e. The molecule has 0 aliphatic heterocycles. The first kappa shape index (κ1) is 30.5. The Bertz CT molecular complexity index is 571. The molecule has 0 amide bonds. The highest BCUT2D eigenvalue weighted by atomic mass is 16.3. The van der Waals surface area contributed by atoms with Crippen molar-refractivity contribution < 1.29 is 5.11 Å². The van der Waals surface area contributed by atoms with E-state index in [2.05, 4.69) is 68.0 Å². The van der Waals surface area contributed by atoms with Gasteiger partial charge < -0.3 is 5.11 Å². The summed E-state index contributed by atoms with van der Waals surface area (Å²) in [6.45, 7) is 22.9. The van der Waals surface area contributed by atoms with Crippen molar-refractivity contribution >= 4 is 0 Å². The lowest BCUT2D eigenvalue weighted by Gasteiger charge is -2.55. The van der Waals surface area contributed by atoms with Crippen LogP contribution in [0.15, 0.2) is 24.3 Å². The lowest BCUT2D eigenvalue weighted by atomic mass is 9.54. The molecule has 0 bridgehead atoms. The molecule has 1 heteroatoms. The van der Waals surface area contributed by atoms with Crippen LogP contribution in [0, 0.1) is 35.0 Å². The van der Waals surface area contributed by atoms with E-state index in [0.29, 0.717) is 5.92 Å². The summed E-state index contributed by atoms with van der Waals surface area (Å²) < 4.78 is 0. The Balaban J connectivity index is 2.81. The maximum absolute atomic E-state index is 12.0. The number of unbranched alkanes of at least 4 members (excludes halogenated alkanes) is 2. The van der Waals surface area contributed by atoms with Crippen LogP contribution in [0.25, 0.3) is 0 Å². The fourth-order valence-electron chi connectivity index (χ4n) is 7.08. The molecule has 1 N–H and O–H groups in total. The Labute approximate surface area is 208 Å². The predicted molar refractivity (Wildman–Crippen MR) is 149 cm³/mol. The van der Waals surface area contributed by atoms with Crippen molar-refractivity contribution in [2.75, 3.05) is 0 Å². The van der Waals surface area contributed by atoms with Crippen molar-refractivity contribution in [3.8, 4) is 0 Å². The fourth-order valence-corrected chi connectivity index (χ4v) is 7.08. The Morgan fingerprint density at radius 2 is 1.76 bits per heavy atom. The van der Waals surface area contributed by atoms with Crippen molar-refractivity contribution in [2.24, 2.45) is 35.0 Å². The smallest absolute Gasteiger partial charge is 0.0729 e. The maximum atomic E-state index is 12.0. The molecular weight excluding hydrogens is 400 g/mol. The second kappa shape index (κ2) is 14.8. The molecular formula is C32H60O. The highest BCUT2D eigenvalue weighted by molar-refractivity contribution is 5.05. The SMILES string of the molecule is C=CCC(CCCC)C1(O)CCC(C(C)C(CCCC/C(=C/CC)CC)C(C)C)CC1(C)C. The van der Waals surface area contributed by atoms with E-state index in [0.717, 1.165) is 49.4 Å². The number of rotatable bonds is 16. The number of hydrogen-bond acceptors (Lipinski definition) is 1. The second-order valence-electron chi connectivity index (χ2n) is 12.3. The molecule has 0 spiro atoms. The van der Waals surface area contributed by atoms with Crippen LogP contribution >= 0.6 is 0 Å². The van der Waals surface area contributed by atoms with Gasteiger partial charge in [-0.15, -0.1) is 6.58 Å². The first-order valence-corrected chi connectivity index (χ1v) is 14.6. The molecule has 1 rings (SSSR count). The van der Waals surface area contributed by atoms with Crippen molar-refractivity contribution in [2.45, 2.75) is 144 Å². The van der Waals surface area contributed by atoms with Crippen LogP contribution in [0.4, 0.5) is 0 Å². The molecule has 1 fully saturated rings. The van der Waals surface area contributed by atoms with Gasteiger partial charge in [0.05, 0.1) is 5.60 Å². The van der Waals surface area contributed by atoms with Crippen molar-refractivity contribution in [3.63, 3.8) is 0 Å². The lowest BCUT2D eigenvalue weighted by Crippen LogP contribution is -2.55. The van der Waals surface area contributed by atoms with E-state index in [1.165, 1.54) is 57.8 Å². The van der Waals surface area contributed by atoms with Gasteiger partial charge in [0, 0.05) is 0 Å². The molecule has 1 nitrogen and oxygen atoms in total. The van der Waals surface area contributed by atoms with Gasteiger partial charge in [0.25, 0.3) is 0 Å². The second-order valence-corrected chi connectivity index (χ2v) is 12.3. The third kappa shape index (κ3) is 8.55. The van der Waals surface area contributed by atoms with Gasteiger partial charge in [0.2, 0.25) is 0 Å². The lowest BCUT2D eigenvalue weighted by molar-refractivity contribution is -0.157. The molecule has 194 valence electrons. The zero-order valence-corrected chi connectivity index (χ0v) is 23.9. The van der Waals surface area contributed by atoms with Crippen LogP contribution < -0.4 is 0 Å². The summed E-state index contributed by atoms with van der Waals surface area (Å²) in [5.41, 5.74) is 1.06. The monoisotopic (exact) mass is 460 g/mol. The molecule has 1 saturated carbocycles. The normalized spacial score (nSPS) is 26.2. The third-order valence-corrected chi connectivity index (χ3v) is 9.38. The minimum atomic E-state index is -0.553. The van der Waals surface area contributed by atoms with E-state index in [1.54, 1.807) is 5.57 Å². The summed E-state index contributed by atoms with van der Waals surface area (Å²) in [4.78, 5) is 0. The Hall–Kier alpha value is -0.560. The van der Waals surface area contributed by atoms with Gasteiger partial charge in [0.1, 0.15) is 0 Å². The molecule has 33 heavy (non-hydrogen) atoms. The Morgan fingerprint density at radius 3 is 2.27 bits per heavy atom. The van der Waals surface area contributed by atoms with Crippen molar-refractivity contribution in [1.82, 2.24) is 0 Å². The van der Waals surface area contributed by atoms with Crippen LogP contribution in [0.3, 0.4) is 0 Å². The van der Waals surface area contributed by atoms with Crippen LogP contribution in [-0.4, -0.2) is 10.7 Å². The molecule has 0 aromatic rings. The minimum absolute atomic E-state index is 0.0336. The predicted octanol–water partition coefficient (Wildman–Crippen LogP) is 10.1. The van der Waals surface area contributed by atoms with E-state index in [1.807, 2.05) is 6.08 Å². The van der Waals surface area contributed by atoms with Crippen LogP contribution in [-0.2, 0) is 0 Å². The minimum Gasteiger partial charge on any atom is -0.389 e. The van der Waals surface area contributed by atoms with Crippen molar-refractivity contribution in [3.05, 3.63) is 24.3 Å². The average Bonchev–Trinajstić information content (AvgIpc) is 2.76. The average molecular weight is 461 g/mol. The molecule has 1 aliphatic rings. The van der Waals surface area contributed by atoms with Gasteiger partial charge in [-0.25, -0.2) is 0 Å². The van der Waals surface area contributed by atoms with E-state index in [-0.39, 0.29) is 5.41 Å². The van der Waals surface area contributed by atoms with E-state index in [4.69, 9.17) is 0 Å². The standard InChI is InChI=1S/C32H60O/c1-10-14-20-29(18-12-3)32(33)23-22-28(24-31(32,8)9)26(7)30(25(5)6)21-16-15-19-27(13-4)17-11-2/h12,17,25-26,28-30,33H,3,10-11,13-16,18-24H2,1-2,4-9H3/b27-17+. The van der Waals surface area contributed by atoms with E-state index in [9.17, 15) is 5.11 Å². The summed E-state index contributed by atoms with van der Waals surface area (Å²) in [6.07, 6.45) is 20.0. The number of hydrogen-bond donors (Lipinski definition) is 1. The molecule has 0 heterocycles. The number of aliphatic hydroxyl groups is 1. The zero-order valence-electron chi connectivity index (χ0n) is 23.9. The van der Waals surface area contributed by atoms with E-state index < -0.39 is 5.60 Å². The van der Waals surface area contributed by atoms with Crippen LogP contribution in [0.5, 0.6) is 0 Å². The first-order chi connectivity index (χ1) is 15.6. The van der Waals surface area contributed by atoms with Gasteiger partial charge in [-0.2, -0.15) is 0 Å². The highest BCUT2D eigenvalue weighted by Crippen LogP contribution is 2.54. The topological polar surface area (TPSA) is 20.2 Å². The summed E-state index contributed by atoms with van der Waals surface area (Å²) >= 11 is 0. The Kier molecular flexibility index (Phi) is 13.6. The summed E-state index contributed by atoms with van der Waals surface area (Å²) in [5.74, 6) is 3.35. The Morgan fingerprint density at radius 1 is 1.06 bits per heavy atom. The summed E-state index contributed by atoms with van der Waals surface area (Å²) in [7, 11) is 0. The molecule has 5 unspecified atom stereocenters. The van der Waals surface area contributed by atoms with Gasteiger partial charge in [-0.3, -0.25) is 0 Å². The summed E-state index contributed by atoms with van der Waals surface area (Å²) in [6, 6.07) is 0. The zero-order chi connectivity index (χ0) is 25.1. The van der Waals surface area contributed by atoms with Crippen LogP contribution in [0.2, 0.25) is 0 Å². The highest BCUT2D eigenvalue weighted by Gasteiger charge is 2.52. The van der Waals surface area contributed by atoms with Crippen molar-refractivity contribution in [1.29, 1.82) is 0 Å². The maximum Gasteiger partial charge on any atom is 0.0729 e.